The predicted molar refractivity (Wildman–Crippen MR) is 120 cm³/mol. The van der Waals surface area contributed by atoms with E-state index in [9.17, 15) is 13.2 Å². The Morgan fingerprint density at radius 3 is 2.28 bits per heavy atom. The van der Waals surface area contributed by atoms with E-state index < -0.39 is 16.1 Å². The first-order valence-corrected chi connectivity index (χ1v) is 11.8. The van der Waals surface area contributed by atoms with Crippen LogP contribution >= 0.6 is 11.6 Å². The van der Waals surface area contributed by atoms with Gasteiger partial charge >= 0.3 is 0 Å². The second kappa shape index (κ2) is 9.18. The molecular weight excluding hydrogens is 408 g/mol. The van der Waals surface area contributed by atoms with E-state index in [1.807, 2.05) is 20.8 Å². The highest BCUT2D eigenvalue weighted by molar-refractivity contribution is 7.92. The van der Waals surface area contributed by atoms with Crippen molar-refractivity contribution >= 4 is 33.2 Å². The van der Waals surface area contributed by atoms with Gasteiger partial charge in [-0.15, -0.1) is 0 Å². The summed E-state index contributed by atoms with van der Waals surface area (Å²) in [5.74, 6) is -0.344. The van der Waals surface area contributed by atoms with E-state index in [-0.39, 0.29) is 11.9 Å². The molecule has 1 amide bonds. The van der Waals surface area contributed by atoms with E-state index in [1.165, 1.54) is 5.56 Å². The molecule has 7 heteroatoms. The Bertz CT molecular complexity index is 1010. The maximum Gasteiger partial charge on any atom is 0.244 e. The van der Waals surface area contributed by atoms with Gasteiger partial charge in [-0.2, -0.15) is 0 Å². The molecule has 0 aromatic heterocycles. The second-order valence-corrected chi connectivity index (χ2v) is 9.78. The largest absolute Gasteiger partial charge is 0.348 e. The molecule has 2 rings (SSSR count). The van der Waals surface area contributed by atoms with E-state index in [0.717, 1.165) is 27.3 Å². The molecule has 2 aromatic carbocycles. The summed E-state index contributed by atoms with van der Waals surface area (Å²) >= 11 is 6.05. The maximum atomic E-state index is 13.1. The molecule has 0 heterocycles. The van der Waals surface area contributed by atoms with Gasteiger partial charge < -0.3 is 5.32 Å². The molecule has 29 heavy (non-hydrogen) atoms. The van der Waals surface area contributed by atoms with Gasteiger partial charge in [-0.05, 0) is 74.6 Å². The molecule has 0 aliphatic carbocycles. The van der Waals surface area contributed by atoms with Crippen LogP contribution < -0.4 is 9.62 Å². The van der Waals surface area contributed by atoms with Crippen molar-refractivity contribution < 1.29 is 13.2 Å². The van der Waals surface area contributed by atoms with Crippen molar-refractivity contribution in [2.45, 2.75) is 53.1 Å². The number of rotatable bonds is 7. The zero-order valence-corrected chi connectivity index (χ0v) is 19.4. The highest BCUT2D eigenvalue weighted by Crippen LogP contribution is 2.27. The number of hydrogen-bond donors (Lipinski definition) is 1. The molecule has 0 aliphatic rings. The van der Waals surface area contributed by atoms with Gasteiger partial charge in [0.15, 0.2) is 0 Å². The Morgan fingerprint density at radius 1 is 1.10 bits per heavy atom. The number of nitrogens with zero attached hydrogens (tertiary/aromatic N) is 1. The van der Waals surface area contributed by atoms with Gasteiger partial charge in [0.1, 0.15) is 6.04 Å². The van der Waals surface area contributed by atoms with Crippen LogP contribution in [0.25, 0.3) is 0 Å². The van der Waals surface area contributed by atoms with E-state index in [4.69, 9.17) is 11.6 Å². The van der Waals surface area contributed by atoms with E-state index in [1.54, 1.807) is 31.2 Å². The average Bonchev–Trinajstić information content (AvgIpc) is 2.61. The van der Waals surface area contributed by atoms with Crippen molar-refractivity contribution in [1.82, 2.24) is 5.32 Å². The lowest BCUT2D eigenvalue weighted by atomic mass is 9.96. The third kappa shape index (κ3) is 5.52. The van der Waals surface area contributed by atoms with E-state index in [0.29, 0.717) is 17.1 Å². The lowest BCUT2D eigenvalue weighted by Crippen LogP contribution is -2.49. The summed E-state index contributed by atoms with van der Waals surface area (Å²) in [5.41, 5.74) is 4.82. The van der Waals surface area contributed by atoms with Crippen LogP contribution in [-0.4, -0.2) is 26.6 Å². The van der Waals surface area contributed by atoms with Crippen molar-refractivity contribution in [3.05, 3.63) is 63.7 Å². The number of amides is 1. The Morgan fingerprint density at radius 2 is 1.72 bits per heavy atom. The summed E-state index contributed by atoms with van der Waals surface area (Å²) in [6.45, 7) is 9.80. The SMILES string of the molecule is CCC(C(=O)NC(C)c1cc(C)c(C)cc1C)N(c1cccc(Cl)c1)S(C)(=O)=O. The minimum atomic E-state index is -3.70. The molecular formula is C22H29ClN2O3S. The zero-order chi connectivity index (χ0) is 21.9. The molecule has 1 N–H and O–H groups in total. The molecule has 0 radical (unpaired) electrons. The van der Waals surface area contributed by atoms with Gasteiger partial charge in [0.2, 0.25) is 15.9 Å². The molecule has 0 saturated heterocycles. The third-order valence-corrected chi connectivity index (χ3v) is 6.52. The Hall–Kier alpha value is -2.05. The summed E-state index contributed by atoms with van der Waals surface area (Å²) in [7, 11) is -3.70. The van der Waals surface area contributed by atoms with Crippen LogP contribution in [0.15, 0.2) is 36.4 Å². The number of hydrogen-bond acceptors (Lipinski definition) is 3. The van der Waals surface area contributed by atoms with Crippen LogP contribution in [0, 0.1) is 20.8 Å². The summed E-state index contributed by atoms with van der Waals surface area (Å²) < 4.78 is 26.2. The Balaban J connectivity index is 2.36. The van der Waals surface area contributed by atoms with Crippen LogP contribution in [0.2, 0.25) is 5.02 Å². The highest BCUT2D eigenvalue weighted by atomic mass is 35.5. The van der Waals surface area contributed by atoms with Gasteiger partial charge in [-0.1, -0.05) is 36.7 Å². The summed E-state index contributed by atoms with van der Waals surface area (Å²) in [5, 5.41) is 3.40. The molecule has 0 saturated carbocycles. The van der Waals surface area contributed by atoms with Gasteiger partial charge in [0.05, 0.1) is 18.0 Å². The molecule has 158 valence electrons. The first kappa shape index (κ1) is 23.2. The average molecular weight is 437 g/mol. The predicted octanol–water partition coefficient (Wildman–Crippen LogP) is 4.69. The number of aryl methyl sites for hydroxylation is 3. The molecule has 2 atom stereocenters. The normalized spacial score (nSPS) is 13.6. The highest BCUT2D eigenvalue weighted by Gasteiger charge is 2.32. The van der Waals surface area contributed by atoms with Crippen LogP contribution in [0.4, 0.5) is 5.69 Å². The molecule has 0 fully saturated rings. The lowest BCUT2D eigenvalue weighted by molar-refractivity contribution is -0.122. The number of anilines is 1. The molecule has 2 aromatic rings. The topological polar surface area (TPSA) is 66.5 Å². The Labute approximate surface area is 179 Å². The second-order valence-electron chi connectivity index (χ2n) is 7.49. The van der Waals surface area contributed by atoms with Crippen LogP contribution in [-0.2, 0) is 14.8 Å². The Kier molecular flexibility index (Phi) is 7.35. The fraction of sp³-hybridized carbons (Fsp3) is 0.409. The minimum Gasteiger partial charge on any atom is -0.348 e. The minimum absolute atomic E-state index is 0.253. The lowest BCUT2D eigenvalue weighted by Gasteiger charge is -2.31. The summed E-state index contributed by atoms with van der Waals surface area (Å²) in [6.07, 6.45) is 1.42. The standard InChI is InChI=1S/C22H29ClN2O3S/c1-7-21(25(29(6,27)28)19-10-8-9-18(23)13-19)22(26)24-17(5)20-12-15(3)14(2)11-16(20)4/h8-13,17,21H,7H2,1-6H3,(H,24,26). The van der Waals surface area contributed by atoms with E-state index in [2.05, 4.69) is 24.4 Å². The summed E-state index contributed by atoms with van der Waals surface area (Å²) in [6, 6.07) is 9.56. The van der Waals surface area contributed by atoms with Gasteiger partial charge in [0, 0.05) is 5.02 Å². The molecule has 5 nitrogen and oxygen atoms in total. The third-order valence-electron chi connectivity index (χ3n) is 5.10. The van der Waals surface area contributed by atoms with Crippen LogP contribution in [0.5, 0.6) is 0 Å². The molecule has 0 bridgehead atoms. The van der Waals surface area contributed by atoms with E-state index >= 15 is 0 Å². The van der Waals surface area contributed by atoms with Crippen molar-refractivity contribution in [2.75, 3.05) is 10.6 Å². The van der Waals surface area contributed by atoms with Gasteiger partial charge in [-0.25, -0.2) is 8.42 Å². The van der Waals surface area contributed by atoms with Crippen LogP contribution in [0.3, 0.4) is 0 Å². The maximum absolute atomic E-state index is 13.1. The first-order chi connectivity index (χ1) is 13.5. The van der Waals surface area contributed by atoms with Crippen LogP contribution in [0.1, 0.15) is 48.6 Å². The fourth-order valence-electron chi connectivity index (χ4n) is 3.51. The van der Waals surface area contributed by atoms with Gasteiger partial charge in [0.25, 0.3) is 0 Å². The van der Waals surface area contributed by atoms with Crippen molar-refractivity contribution in [3.8, 4) is 0 Å². The quantitative estimate of drug-likeness (QED) is 0.684. The smallest absolute Gasteiger partial charge is 0.244 e. The fourth-order valence-corrected chi connectivity index (χ4v) is 4.90. The molecule has 0 aliphatic heterocycles. The number of sulfonamides is 1. The first-order valence-electron chi connectivity index (χ1n) is 9.58. The number of carbonyl (C=O) groups is 1. The number of carbonyl (C=O) groups excluding carboxylic acids is 1. The monoisotopic (exact) mass is 436 g/mol. The molecule has 2 unspecified atom stereocenters. The zero-order valence-electron chi connectivity index (χ0n) is 17.8. The van der Waals surface area contributed by atoms with Gasteiger partial charge in [-0.3, -0.25) is 9.10 Å². The molecule has 0 spiro atoms. The summed E-state index contributed by atoms with van der Waals surface area (Å²) in [4.78, 5) is 13.1. The van der Waals surface area contributed by atoms with Crippen molar-refractivity contribution in [1.29, 1.82) is 0 Å². The number of benzene rings is 2. The number of halogens is 1. The number of nitrogens with one attached hydrogen (secondary N) is 1. The van der Waals surface area contributed by atoms with Crippen molar-refractivity contribution in [3.63, 3.8) is 0 Å². The van der Waals surface area contributed by atoms with Crippen molar-refractivity contribution in [2.24, 2.45) is 0 Å².